The SMILES string of the molecule is CCn1cc(S(=O)(=O)NC(C)C(CO)SC)c(N)n1. The molecule has 7 nitrogen and oxygen atoms in total. The molecule has 4 N–H and O–H groups in total. The van der Waals surface area contributed by atoms with Crippen LogP contribution in [0.15, 0.2) is 11.1 Å². The van der Waals surface area contributed by atoms with Crippen LogP contribution in [0.5, 0.6) is 0 Å². The predicted octanol–water partition coefficient (Wildman–Crippen LogP) is -0.124. The van der Waals surface area contributed by atoms with Crippen molar-refractivity contribution in [1.29, 1.82) is 0 Å². The van der Waals surface area contributed by atoms with Gasteiger partial charge in [0, 0.05) is 24.0 Å². The summed E-state index contributed by atoms with van der Waals surface area (Å²) < 4.78 is 28.4. The average Bonchev–Trinajstić information content (AvgIpc) is 2.72. The zero-order valence-electron chi connectivity index (χ0n) is 11.2. The number of hydrogen-bond donors (Lipinski definition) is 3. The van der Waals surface area contributed by atoms with Crippen molar-refractivity contribution < 1.29 is 13.5 Å². The number of aryl methyl sites for hydroxylation is 1. The fraction of sp³-hybridized carbons (Fsp3) is 0.700. The number of sulfonamides is 1. The smallest absolute Gasteiger partial charge is 0.246 e. The van der Waals surface area contributed by atoms with E-state index in [2.05, 4.69) is 9.82 Å². The van der Waals surface area contributed by atoms with Gasteiger partial charge in [0.1, 0.15) is 4.90 Å². The van der Waals surface area contributed by atoms with Crippen molar-refractivity contribution in [2.24, 2.45) is 0 Å². The van der Waals surface area contributed by atoms with E-state index >= 15 is 0 Å². The lowest BCUT2D eigenvalue weighted by molar-refractivity contribution is 0.282. The fourth-order valence-corrected chi connectivity index (χ4v) is 3.68. The average molecular weight is 308 g/mol. The maximum atomic E-state index is 12.2. The molecule has 0 amide bonds. The number of aromatic nitrogens is 2. The van der Waals surface area contributed by atoms with E-state index in [9.17, 15) is 8.42 Å². The molecule has 2 atom stereocenters. The number of thioether (sulfide) groups is 1. The summed E-state index contributed by atoms with van der Waals surface area (Å²) in [6.07, 6.45) is 3.21. The van der Waals surface area contributed by atoms with Gasteiger partial charge in [0.05, 0.1) is 6.61 Å². The molecule has 0 saturated carbocycles. The molecule has 2 unspecified atom stereocenters. The van der Waals surface area contributed by atoms with Gasteiger partial charge in [0.25, 0.3) is 0 Å². The van der Waals surface area contributed by atoms with Crippen molar-refractivity contribution in [2.75, 3.05) is 18.6 Å². The molecule has 0 aliphatic carbocycles. The van der Waals surface area contributed by atoms with Crippen LogP contribution >= 0.6 is 11.8 Å². The van der Waals surface area contributed by atoms with Crippen molar-refractivity contribution in [1.82, 2.24) is 14.5 Å². The largest absolute Gasteiger partial charge is 0.395 e. The van der Waals surface area contributed by atoms with Gasteiger partial charge in [0.15, 0.2) is 5.82 Å². The number of nitrogens with zero attached hydrogens (tertiary/aromatic N) is 2. The minimum absolute atomic E-state index is 0.0220. The number of nitrogens with two attached hydrogens (primary N) is 1. The van der Waals surface area contributed by atoms with Crippen LogP contribution in [0.2, 0.25) is 0 Å². The van der Waals surface area contributed by atoms with Gasteiger partial charge in [-0.3, -0.25) is 4.68 Å². The first-order chi connectivity index (χ1) is 8.85. The Morgan fingerprint density at radius 1 is 1.63 bits per heavy atom. The van der Waals surface area contributed by atoms with E-state index in [1.165, 1.54) is 22.6 Å². The zero-order valence-corrected chi connectivity index (χ0v) is 12.8. The number of rotatable bonds is 7. The molecule has 0 aromatic carbocycles. The van der Waals surface area contributed by atoms with E-state index in [0.29, 0.717) is 6.54 Å². The van der Waals surface area contributed by atoms with Crippen molar-refractivity contribution in [3.8, 4) is 0 Å². The van der Waals surface area contributed by atoms with Crippen LogP contribution in [0, 0.1) is 0 Å². The molecule has 19 heavy (non-hydrogen) atoms. The first-order valence-corrected chi connectivity index (χ1v) is 8.61. The molecular formula is C10H20N4O3S2. The summed E-state index contributed by atoms with van der Waals surface area (Å²) in [6.45, 7) is 3.98. The number of hydrogen-bond acceptors (Lipinski definition) is 6. The van der Waals surface area contributed by atoms with Gasteiger partial charge in [-0.2, -0.15) is 16.9 Å². The molecule has 0 spiro atoms. The van der Waals surface area contributed by atoms with Crippen LogP contribution in [0.1, 0.15) is 13.8 Å². The first-order valence-electron chi connectivity index (χ1n) is 5.84. The molecule has 0 bridgehead atoms. The van der Waals surface area contributed by atoms with E-state index < -0.39 is 16.1 Å². The van der Waals surface area contributed by atoms with Crippen molar-refractivity contribution in [3.05, 3.63) is 6.20 Å². The highest BCUT2D eigenvalue weighted by Gasteiger charge is 2.26. The highest BCUT2D eigenvalue weighted by Crippen LogP contribution is 2.18. The van der Waals surface area contributed by atoms with Crippen molar-refractivity contribution in [2.45, 2.75) is 36.6 Å². The van der Waals surface area contributed by atoms with E-state index in [1.807, 2.05) is 13.2 Å². The van der Waals surface area contributed by atoms with Crippen LogP contribution in [0.25, 0.3) is 0 Å². The second-order valence-corrected chi connectivity index (χ2v) is 6.86. The maximum Gasteiger partial charge on any atom is 0.246 e. The number of anilines is 1. The Kier molecular flexibility index (Phi) is 5.65. The van der Waals surface area contributed by atoms with E-state index in [4.69, 9.17) is 10.8 Å². The van der Waals surface area contributed by atoms with Crippen LogP contribution in [-0.2, 0) is 16.6 Å². The normalized spacial score (nSPS) is 15.4. The van der Waals surface area contributed by atoms with Crippen LogP contribution in [-0.4, -0.2) is 47.5 Å². The summed E-state index contributed by atoms with van der Waals surface area (Å²) in [5, 5.41) is 12.9. The van der Waals surface area contributed by atoms with Gasteiger partial charge in [-0.25, -0.2) is 13.1 Å². The fourth-order valence-electron chi connectivity index (χ4n) is 1.61. The highest BCUT2D eigenvalue weighted by atomic mass is 32.2. The minimum Gasteiger partial charge on any atom is -0.395 e. The summed E-state index contributed by atoms with van der Waals surface area (Å²) in [5.41, 5.74) is 5.61. The lowest BCUT2D eigenvalue weighted by atomic mass is 10.3. The summed E-state index contributed by atoms with van der Waals surface area (Å²) in [7, 11) is -3.73. The van der Waals surface area contributed by atoms with E-state index in [1.54, 1.807) is 6.92 Å². The Morgan fingerprint density at radius 3 is 2.68 bits per heavy atom. The van der Waals surface area contributed by atoms with Crippen LogP contribution < -0.4 is 10.5 Å². The third-order valence-electron chi connectivity index (χ3n) is 2.75. The second-order valence-electron chi connectivity index (χ2n) is 4.10. The lowest BCUT2D eigenvalue weighted by Gasteiger charge is -2.20. The van der Waals surface area contributed by atoms with Crippen LogP contribution in [0.4, 0.5) is 5.82 Å². The Bertz CT molecular complexity index is 511. The predicted molar refractivity (Wildman–Crippen MR) is 76.5 cm³/mol. The standard InChI is InChI=1S/C10H20N4O3S2/c1-4-14-5-9(10(11)12-14)19(16,17)13-7(2)8(6-15)18-3/h5,7-8,13,15H,4,6H2,1-3H3,(H2,11,12). The molecule has 1 aromatic rings. The Balaban J connectivity index is 2.94. The number of aliphatic hydroxyl groups is 1. The molecule has 1 rings (SSSR count). The van der Waals surface area contributed by atoms with E-state index in [0.717, 1.165) is 0 Å². The number of nitrogen functional groups attached to an aromatic ring is 1. The van der Waals surface area contributed by atoms with Gasteiger partial charge in [-0.15, -0.1) is 0 Å². The van der Waals surface area contributed by atoms with Gasteiger partial charge in [-0.1, -0.05) is 0 Å². The molecule has 0 radical (unpaired) electrons. The third kappa shape index (κ3) is 3.85. The van der Waals surface area contributed by atoms with Crippen LogP contribution in [0.3, 0.4) is 0 Å². The number of aliphatic hydroxyl groups excluding tert-OH is 1. The van der Waals surface area contributed by atoms with Gasteiger partial charge in [-0.05, 0) is 20.1 Å². The minimum atomic E-state index is -3.73. The Hall–Kier alpha value is -0.770. The number of nitrogens with one attached hydrogen (secondary N) is 1. The molecular weight excluding hydrogens is 288 g/mol. The Labute approximate surface area is 117 Å². The molecule has 0 aliphatic heterocycles. The van der Waals surface area contributed by atoms with Crippen molar-refractivity contribution >= 4 is 27.6 Å². The quantitative estimate of drug-likeness (QED) is 0.647. The lowest BCUT2D eigenvalue weighted by Crippen LogP contribution is -2.41. The molecule has 1 heterocycles. The van der Waals surface area contributed by atoms with Gasteiger partial charge < -0.3 is 10.8 Å². The summed E-state index contributed by atoms with van der Waals surface area (Å²) >= 11 is 1.40. The molecule has 0 aliphatic rings. The topological polar surface area (TPSA) is 110 Å². The summed E-state index contributed by atoms with van der Waals surface area (Å²) in [4.78, 5) is -0.0287. The molecule has 1 aromatic heterocycles. The molecule has 0 saturated heterocycles. The summed E-state index contributed by atoms with van der Waals surface area (Å²) in [6, 6.07) is -0.408. The maximum absolute atomic E-state index is 12.2. The molecule has 9 heteroatoms. The summed E-state index contributed by atoms with van der Waals surface area (Å²) in [5.74, 6) is -0.0220. The van der Waals surface area contributed by atoms with E-state index in [-0.39, 0.29) is 22.6 Å². The van der Waals surface area contributed by atoms with Gasteiger partial charge >= 0.3 is 0 Å². The zero-order chi connectivity index (χ0) is 14.6. The van der Waals surface area contributed by atoms with Crippen molar-refractivity contribution in [3.63, 3.8) is 0 Å². The Morgan fingerprint density at radius 2 is 2.26 bits per heavy atom. The third-order valence-corrected chi connectivity index (χ3v) is 5.49. The first kappa shape index (κ1) is 16.3. The second kappa shape index (κ2) is 6.60. The molecule has 0 fully saturated rings. The van der Waals surface area contributed by atoms with Gasteiger partial charge in [0.2, 0.25) is 10.0 Å². The monoisotopic (exact) mass is 308 g/mol. The molecule has 110 valence electrons. The highest BCUT2D eigenvalue weighted by molar-refractivity contribution is 7.99.